The van der Waals surface area contributed by atoms with E-state index in [0.29, 0.717) is 12.2 Å². The number of nitrogens with one attached hydrogen (secondary N) is 1. The Morgan fingerprint density at radius 2 is 1.67 bits per heavy atom. The zero-order valence-corrected chi connectivity index (χ0v) is 11.6. The summed E-state index contributed by atoms with van der Waals surface area (Å²) in [4.78, 5) is 18.4. The first-order valence-corrected chi connectivity index (χ1v) is 7.37. The molecule has 1 aromatic heterocycles. The van der Waals surface area contributed by atoms with Gasteiger partial charge in [0, 0.05) is 18.8 Å². The van der Waals surface area contributed by atoms with Crippen molar-refractivity contribution in [3.05, 3.63) is 18.2 Å². The Bertz CT molecular complexity index is 306. The Hall–Kier alpha value is -1.12. The number of hydrogen-bond donors (Lipinski definition) is 1. The van der Waals surface area contributed by atoms with E-state index in [0.717, 1.165) is 6.42 Å². The molecule has 102 valence electrons. The van der Waals surface area contributed by atoms with Crippen LogP contribution in [0.2, 0.25) is 0 Å². The van der Waals surface area contributed by atoms with Gasteiger partial charge in [-0.05, 0) is 6.42 Å². The molecule has 0 spiro atoms. The van der Waals surface area contributed by atoms with Crippen LogP contribution in [-0.4, -0.2) is 15.8 Å². The van der Waals surface area contributed by atoms with E-state index >= 15 is 0 Å². The number of H-pyrrole nitrogens is 1. The van der Waals surface area contributed by atoms with Crippen LogP contribution in [0.15, 0.2) is 12.4 Å². The molecule has 1 N–H and O–H groups in total. The molecule has 0 aliphatic rings. The van der Waals surface area contributed by atoms with Gasteiger partial charge in [0.1, 0.15) is 0 Å². The highest BCUT2D eigenvalue weighted by molar-refractivity contribution is 5.92. The van der Waals surface area contributed by atoms with E-state index in [-0.39, 0.29) is 5.78 Å². The maximum absolute atomic E-state index is 11.6. The smallest absolute Gasteiger partial charge is 0.198 e. The molecule has 0 unspecified atom stereocenters. The molecule has 1 heterocycles. The molecule has 18 heavy (non-hydrogen) atoms. The van der Waals surface area contributed by atoms with Crippen LogP contribution in [-0.2, 0) is 0 Å². The molecule has 0 radical (unpaired) electrons. The summed E-state index contributed by atoms with van der Waals surface area (Å²) in [5.74, 6) is 0.650. The van der Waals surface area contributed by atoms with Gasteiger partial charge in [0.05, 0.1) is 0 Å². The molecule has 0 atom stereocenters. The maximum atomic E-state index is 11.6. The fourth-order valence-corrected chi connectivity index (χ4v) is 2.13. The lowest BCUT2D eigenvalue weighted by molar-refractivity contribution is 0.0970. The summed E-state index contributed by atoms with van der Waals surface area (Å²) in [6.45, 7) is 2.25. The van der Waals surface area contributed by atoms with Crippen molar-refractivity contribution >= 4 is 5.78 Å². The highest BCUT2D eigenvalue weighted by Gasteiger charge is 2.06. The van der Waals surface area contributed by atoms with Crippen molar-refractivity contribution in [1.82, 2.24) is 9.97 Å². The number of aromatic nitrogens is 2. The van der Waals surface area contributed by atoms with E-state index in [9.17, 15) is 4.79 Å². The van der Waals surface area contributed by atoms with Gasteiger partial charge in [-0.25, -0.2) is 4.98 Å². The lowest BCUT2D eigenvalue weighted by Crippen LogP contribution is -2.01. The number of nitrogens with zero attached hydrogens (tertiary/aromatic N) is 1. The third-order valence-electron chi connectivity index (χ3n) is 3.27. The van der Waals surface area contributed by atoms with Crippen LogP contribution in [0.4, 0.5) is 0 Å². The van der Waals surface area contributed by atoms with Crippen molar-refractivity contribution < 1.29 is 4.79 Å². The number of hydrogen-bond acceptors (Lipinski definition) is 2. The van der Waals surface area contributed by atoms with E-state index in [1.807, 2.05) is 0 Å². The average molecular weight is 250 g/mol. The van der Waals surface area contributed by atoms with Crippen LogP contribution in [0.3, 0.4) is 0 Å². The fourth-order valence-electron chi connectivity index (χ4n) is 2.13. The molecule has 0 aliphatic heterocycles. The molecular weight excluding hydrogens is 224 g/mol. The van der Waals surface area contributed by atoms with Crippen LogP contribution in [0, 0.1) is 0 Å². The Morgan fingerprint density at radius 3 is 2.22 bits per heavy atom. The van der Waals surface area contributed by atoms with Gasteiger partial charge in [0.25, 0.3) is 0 Å². The zero-order chi connectivity index (χ0) is 13.1. The summed E-state index contributed by atoms with van der Waals surface area (Å²) in [6.07, 6.45) is 15.5. The molecule has 0 bridgehead atoms. The molecule has 1 rings (SSSR count). The third-order valence-corrected chi connectivity index (χ3v) is 3.27. The molecule has 3 heteroatoms. The second kappa shape index (κ2) is 9.86. The molecular formula is C15H26N2O. The number of rotatable bonds is 11. The Labute approximate surface area is 110 Å². The average Bonchev–Trinajstić information content (AvgIpc) is 2.90. The first kappa shape index (κ1) is 14.9. The van der Waals surface area contributed by atoms with Crippen molar-refractivity contribution in [2.24, 2.45) is 0 Å². The normalized spacial score (nSPS) is 10.7. The molecule has 0 amide bonds. The number of imidazole rings is 1. The van der Waals surface area contributed by atoms with Gasteiger partial charge in [-0.2, -0.15) is 0 Å². The Kier molecular flexibility index (Phi) is 8.19. The van der Waals surface area contributed by atoms with Gasteiger partial charge in [-0.15, -0.1) is 0 Å². The predicted octanol–water partition coefficient (Wildman–Crippen LogP) is 4.51. The van der Waals surface area contributed by atoms with Gasteiger partial charge in [0.15, 0.2) is 11.6 Å². The second-order valence-corrected chi connectivity index (χ2v) is 4.94. The standard InChI is InChI=1S/C15H26N2O/c1-2-3-4-5-6-7-8-9-10-11-14(18)15-16-12-13-17-15/h12-13H,2-11H2,1H3,(H,16,17). The molecule has 0 saturated carbocycles. The quantitative estimate of drug-likeness (QED) is 0.464. The van der Waals surface area contributed by atoms with E-state index in [1.165, 1.54) is 51.4 Å². The van der Waals surface area contributed by atoms with Gasteiger partial charge >= 0.3 is 0 Å². The number of carbonyl (C=O) groups is 1. The number of aromatic amines is 1. The highest BCUT2D eigenvalue weighted by atomic mass is 16.1. The van der Waals surface area contributed by atoms with Crippen LogP contribution in [0.1, 0.15) is 81.8 Å². The Balaban J connectivity index is 1.88. The van der Waals surface area contributed by atoms with Crippen LogP contribution in [0.25, 0.3) is 0 Å². The van der Waals surface area contributed by atoms with E-state index in [2.05, 4.69) is 16.9 Å². The van der Waals surface area contributed by atoms with Crippen molar-refractivity contribution in [1.29, 1.82) is 0 Å². The zero-order valence-electron chi connectivity index (χ0n) is 11.6. The van der Waals surface area contributed by atoms with E-state index < -0.39 is 0 Å². The summed E-state index contributed by atoms with van der Waals surface area (Å²) in [7, 11) is 0. The fraction of sp³-hybridized carbons (Fsp3) is 0.733. The summed E-state index contributed by atoms with van der Waals surface area (Å²) in [5.41, 5.74) is 0. The minimum absolute atomic E-state index is 0.142. The third kappa shape index (κ3) is 6.58. The number of carbonyl (C=O) groups excluding carboxylic acids is 1. The van der Waals surface area contributed by atoms with Gasteiger partial charge in [0.2, 0.25) is 0 Å². The molecule has 0 fully saturated rings. The van der Waals surface area contributed by atoms with Crippen LogP contribution in [0.5, 0.6) is 0 Å². The second-order valence-electron chi connectivity index (χ2n) is 4.94. The first-order chi connectivity index (χ1) is 8.84. The van der Waals surface area contributed by atoms with E-state index in [1.54, 1.807) is 12.4 Å². The number of ketones is 1. The summed E-state index contributed by atoms with van der Waals surface area (Å²) in [6, 6.07) is 0. The topological polar surface area (TPSA) is 45.8 Å². The van der Waals surface area contributed by atoms with Crippen LogP contribution < -0.4 is 0 Å². The largest absolute Gasteiger partial charge is 0.342 e. The highest BCUT2D eigenvalue weighted by Crippen LogP contribution is 2.11. The minimum Gasteiger partial charge on any atom is -0.342 e. The van der Waals surface area contributed by atoms with Crippen molar-refractivity contribution in [2.45, 2.75) is 71.1 Å². The van der Waals surface area contributed by atoms with Crippen molar-refractivity contribution in [3.63, 3.8) is 0 Å². The Morgan fingerprint density at radius 1 is 1.06 bits per heavy atom. The lowest BCUT2D eigenvalue weighted by atomic mass is 10.1. The van der Waals surface area contributed by atoms with E-state index in [4.69, 9.17) is 0 Å². The van der Waals surface area contributed by atoms with Gasteiger partial charge in [-0.1, -0.05) is 58.3 Å². The molecule has 3 nitrogen and oxygen atoms in total. The monoisotopic (exact) mass is 250 g/mol. The van der Waals surface area contributed by atoms with Gasteiger partial charge in [-0.3, -0.25) is 4.79 Å². The van der Waals surface area contributed by atoms with Crippen molar-refractivity contribution in [2.75, 3.05) is 0 Å². The number of unbranched alkanes of at least 4 members (excludes halogenated alkanes) is 8. The minimum atomic E-state index is 0.142. The molecule has 0 aromatic carbocycles. The van der Waals surface area contributed by atoms with Crippen molar-refractivity contribution in [3.8, 4) is 0 Å². The predicted molar refractivity (Wildman–Crippen MR) is 74.8 cm³/mol. The summed E-state index contributed by atoms with van der Waals surface area (Å²) in [5, 5.41) is 0. The first-order valence-electron chi connectivity index (χ1n) is 7.37. The maximum Gasteiger partial charge on any atom is 0.198 e. The molecule has 0 saturated heterocycles. The summed E-state index contributed by atoms with van der Waals surface area (Å²) < 4.78 is 0. The van der Waals surface area contributed by atoms with Crippen LogP contribution >= 0.6 is 0 Å². The van der Waals surface area contributed by atoms with Gasteiger partial charge < -0.3 is 4.98 Å². The summed E-state index contributed by atoms with van der Waals surface area (Å²) >= 11 is 0. The molecule has 0 aliphatic carbocycles. The molecule has 1 aromatic rings. The lowest BCUT2D eigenvalue weighted by Gasteiger charge is -2.01. The SMILES string of the molecule is CCCCCCCCCCCC(=O)c1ncc[nH]1. The number of Topliss-reactive ketones (excluding diaryl/α,β-unsaturated/α-hetero) is 1.